The Labute approximate surface area is 88.1 Å². The van der Waals surface area contributed by atoms with Gasteiger partial charge in [0.15, 0.2) is 0 Å². The Hall–Kier alpha value is -0.600. The topological polar surface area (TPSA) is 52.0 Å². The number of hydrogen-bond donors (Lipinski definition) is 2. The van der Waals surface area contributed by atoms with Crippen molar-refractivity contribution in [3.8, 4) is 0 Å². The molecule has 0 atom stereocenters. The van der Waals surface area contributed by atoms with Gasteiger partial charge in [-0.3, -0.25) is 0 Å². The highest BCUT2D eigenvalue weighted by atomic mass is 14.5. The van der Waals surface area contributed by atoms with E-state index in [2.05, 4.69) is 12.2 Å². The van der Waals surface area contributed by atoms with Crippen LogP contribution in [0.1, 0.15) is 38.5 Å². The predicted octanol–water partition coefficient (Wildman–Crippen LogP) is 2.36. The van der Waals surface area contributed by atoms with E-state index in [1.807, 2.05) is 12.2 Å². The van der Waals surface area contributed by atoms with Crippen LogP contribution in [0.3, 0.4) is 0 Å². The Bertz CT molecular complexity index is 132. The Morgan fingerprint density at radius 3 is 1.36 bits per heavy atom. The Morgan fingerprint density at radius 2 is 1.00 bits per heavy atom. The molecule has 14 heavy (non-hydrogen) atoms. The van der Waals surface area contributed by atoms with Crippen LogP contribution < -0.4 is 11.5 Å². The fourth-order valence-corrected chi connectivity index (χ4v) is 1.31. The van der Waals surface area contributed by atoms with Gasteiger partial charge < -0.3 is 11.5 Å². The maximum Gasteiger partial charge on any atom is 0.0106 e. The third-order valence-corrected chi connectivity index (χ3v) is 2.10. The molecule has 0 aromatic heterocycles. The Balaban J connectivity index is 2.99. The fraction of sp³-hybridized carbons (Fsp3) is 0.667. The first kappa shape index (κ1) is 13.4. The van der Waals surface area contributed by atoms with Gasteiger partial charge in [-0.2, -0.15) is 0 Å². The second-order valence-corrected chi connectivity index (χ2v) is 3.41. The first-order valence-electron chi connectivity index (χ1n) is 5.62. The van der Waals surface area contributed by atoms with E-state index in [0.717, 1.165) is 0 Å². The van der Waals surface area contributed by atoms with Gasteiger partial charge >= 0.3 is 0 Å². The summed E-state index contributed by atoms with van der Waals surface area (Å²) >= 11 is 0. The lowest BCUT2D eigenvalue weighted by Crippen LogP contribution is -1.92. The van der Waals surface area contributed by atoms with Gasteiger partial charge in [0.25, 0.3) is 0 Å². The average Bonchev–Trinajstić information content (AvgIpc) is 2.21. The van der Waals surface area contributed by atoms with Crippen LogP contribution in [-0.2, 0) is 0 Å². The molecular formula is C12H24N2. The molecule has 0 rings (SSSR count). The van der Waals surface area contributed by atoms with E-state index in [9.17, 15) is 0 Å². The molecule has 0 amide bonds. The molecule has 2 nitrogen and oxygen atoms in total. The summed E-state index contributed by atoms with van der Waals surface area (Å²) in [5, 5.41) is 0. The molecule has 0 radical (unpaired) electrons. The summed E-state index contributed by atoms with van der Waals surface area (Å²) in [5.74, 6) is 0. The summed E-state index contributed by atoms with van der Waals surface area (Å²) in [7, 11) is 0. The predicted molar refractivity (Wildman–Crippen MR) is 64.1 cm³/mol. The zero-order valence-electron chi connectivity index (χ0n) is 9.12. The third-order valence-electron chi connectivity index (χ3n) is 2.10. The summed E-state index contributed by atoms with van der Waals surface area (Å²) in [4.78, 5) is 0. The monoisotopic (exact) mass is 196 g/mol. The zero-order valence-corrected chi connectivity index (χ0v) is 9.12. The van der Waals surface area contributed by atoms with Crippen LogP contribution in [0, 0.1) is 0 Å². The largest absolute Gasteiger partial charge is 0.327 e. The maximum absolute atomic E-state index is 5.33. The van der Waals surface area contributed by atoms with Gasteiger partial charge in [0.1, 0.15) is 0 Å². The molecule has 0 aliphatic rings. The van der Waals surface area contributed by atoms with Crippen molar-refractivity contribution in [2.75, 3.05) is 13.1 Å². The molecule has 2 heteroatoms. The van der Waals surface area contributed by atoms with Crippen molar-refractivity contribution in [1.82, 2.24) is 0 Å². The van der Waals surface area contributed by atoms with Gasteiger partial charge in [-0.05, 0) is 25.7 Å². The smallest absolute Gasteiger partial charge is 0.0106 e. The Morgan fingerprint density at radius 1 is 0.571 bits per heavy atom. The van der Waals surface area contributed by atoms with Crippen LogP contribution in [0.15, 0.2) is 24.3 Å². The molecule has 0 aromatic carbocycles. The third kappa shape index (κ3) is 11.4. The second kappa shape index (κ2) is 12.4. The standard InChI is InChI=1S/C12H24N2/c13-11-9-7-5-3-1-2-4-6-8-10-12-14/h7-10H,1-6,11-14H2. The van der Waals surface area contributed by atoms with Gasteiger partial charge in [-0.1, -0.05) is 37.1 Å². The van der Waals surface area contributed by atoms with Crippen molar-refractivity contribution < 1.29 is 0 Å². The van der Waals surface area contributed by atoms with E-state index >= 15 is 0 Å². The van der Waals surface area contributed by atoms with Gasteiger partial charge in [0.05, 0.1) is 0 Å². The van der Waals surface area contributed by atoms with E-state index in [0.29, 0.717) is 13.1 Å². The van der Waals surface area contributed by atoms with Crippen molar-refractivity contribution in [1.29, 1.82) is 0 Å². The molecule has 82 valence electrons. The van der Waals surface area contributed by atoms with Gasteiger partial charge in [0, 0.05) is 13.1 Å². The number of hydrogen-bond acceptors (Lipinski definition) is 2. The minimum Gasteiger partial charge on any atom is -0.327 e. The number of allylic oxidation sites excluding steroid dienone is 2. The highest BCUT2D eigenvalue weighted by Gasteiger charge is 1.86. The summed E-state index contributed by atoms with van der Waals surface area (Å²) in [6.07, 6.45) is 16.0. The number of rotatable bonds is 9. The number of nitrogens with two attached hydrogens (primary N) is 2. The molecular weight excluding hydrogens is 172 g/mol. The van der Waals surface area contributed by atoms with E-state index in [1.54, 1.807) is 0 Å². The normalized spacial score (nSPS) is 11.9. The molecule has 0 saturated carbocycles. The quantitative estimate of drug-likeness (QED) is 0.439. The van der Waals surface area contributed by atoms with Gasteiger partial charge in [0.2, 0.25) is 0 Å². The summed E-state index contributed by atoms with van der Waals surface area (Å²) in [6, 6.07) is 0. The Kier molecular flexibility index (Phi) is 11.9. The molecule has 0 unspecified atom stereocenters. The van der Waals surface area contributed by atoms with Gasteiger partial charge in [-0.25, -0.2) is 0 Å². The molecule has 4 N–H and O–H groups in total. The molecule has 0 bridgehead atoms. The molecule has 0 spiro atoms. The highest BCUT2D eigenvalue weighted by molar-refractivity contribution is 4.83. The lowest BCUT2D eigenvalue weighted by Gasteiger charge is -1.96. The van der Waals surface area contributed by atoms with Crippen molar-refractivity contribution in [2.45, 2.75) is 38.5 Å². The first-order chi connectivity index (χ1) is 6.91. The average molecular weight is 196 g/mol. The minimum absolute atomic E-state index is 0.671. The summed E-state index contributed by atoms with van der Waals surface area (Å²) in [6.45, 7) is 1.34. The van der Waals surface area contributed by atoms with Crippen LogP contribution in [0.25, 0.3) is 0 Å². The zero-order chi connectivity index (χ0) is 10.5. The summed E-state index contributed by atoms with van der Waals surface area (Å²) in [5.41, 5.74) is 10.7. The maximum atomic E-state index is 5.33. The molecule has 0 aliphatic carbocycles. The molecule has 0 heterocycles. The van der Waals surface area contributed by atoms with Crippen LogP contribution in [0.5, 0.6) is 0 Å². The van der Waals surface area contributed by atoms with Crippen molar-refractivity contribution in [2.24, 2.45) is 11.5 Å². The minimum atomic E-state index is 0.671. The van der Waals surface area contributed by atoms with Crippen molar-refractivity contribution >= 4 is 0 Å². The van der Waals surface area contributed by atoms with Crippen LogP contribution in [0.2, 0.25) is 0 Å². The molecule has 0 aliphatic heterocycles. The van der Waals surface area contributed by atoms with E-state index in [4.69, 9.17) is 11.5 Å². The lowest BCUT2D eigenvalue weighted by atomic mass is 10.1. The van der Waals surface area contributed by atoms with Gasteiger partial charge in [-0.15, -0.1) is 0 Å². The summed E-state index contributed by atoms with van der Waals surface area (Å²) < 4.78 is 0. The van der Waals surface area contributed by atoms with Crippen LogP contribution >= 0.6 is 0 Å². The SMILES string of the molecule is NCC=CCCCCCCC=CCN. The number of unbranched alkanes of at least 4 members (excludes halogenated alkanes) is 5. The lowest BCUT2D eigenvalue weighted by molar-refractivity contribution is 0.652. The van der Waals surface area contributed by atoms with Crippen LogP contribution in [0.4, 0.5) is 0 Å². The molecule has 0 aromatic rings. The van der Waals surface area contributed by atoms with E-state index in [1.165, 1.54) is 38.5 Å². The molecule has 0 saturated heterocycles. The first-order valence-corrected chi connectivity index (χ1v) is 5.62. The van der Waals surface area contributed by atoms with E-state index in [-0.39, 0.29) is 0 Å². The fourth-order valence-electron chi connectivity index (χ4n) is 1.31. The second-order valence-electron chi connectivity index (χ2n) is 3.41. The molecule has 0 fully saturated rings. The van der Waals surface area contributed by atoms with E-state index < -0.39 is 0 Å². The van der Waals surface area contributed by atoms with Crippen LogP contribution in [-0.4, -0.2) is 13.1 Å². The van der Waals surface area contributed by atoms with Crippen molar-refractivity contribution in [3.63, 3.8) is 0 Å². The van der Waals surface area contributed by atoms with Crippen molar-refractivity contribution in [3.05, 3.63) is 24.3 Å². The highest BCUT2D eigenvalue weighted by Crippen LogP contribution is 2.06.